The number of ether oxygens (including phenoxy) is 3. The van der Waals surface area contributed by atoms with Crippen LogP contribution in [0.2, 0.25) is 0 Å². The Kier molecular flexibility index (Phi) is 5.37. The van der Waals surface area contributed by atoms with Crippen LogP contribution in [0.3, 0.4) is 0 Å². The summed E-state index contributed by atoms with van der Waals surface area (Å²) in [4.78, 5) is 25.7. The number of esters is 1. The first-order chi connectivity index (χ1) is 16.1. The van der Waals surface area contributed by atoms with Crippen molar-refractivity contribution >= 4 is 11.8 Å². The quantitative estimate of drug-likeness (QED) is 0.469. The molecule has 1 spiro atoms. The van der Waals surface area contributed by atoms with Crippen LogP contribution in [0, 0.1) is 52.3 Å². The third-order valence-electron chi connectivity index (χ3n) is 12.1. The van der Waals surface area contributed by atoms with E-state index in [1.54, 1.807) is 0 Å². The largest absolute Gasteiger partial charge is 0.463 e. The highest BCUT2D eigenvalue weighted by Crippen LogP contribution is 2.70. The van der Waals surface area contributed by atoms with E-state index in [1.165, 1.54) is 19.8 Å². The Morgan fingerprint density at radius 1 is 1.03 bits per heavy atom. The van der Waals surface area contributed by atoms with Gasteiger partial charge in [0, 0.05) is 37.0 Å². The molecule has 2 aliphatic heterocycles. The molecule has 6 fully saturated rings. The molecule has 4 aliphatic carbocycles. The van der Waals surface area contributed by atoms with Crippen LogP contribution < -0.4 is 0 Å². The van der Waals surface area contributed by atoms with Gasteiger partial charge in [-0.2, -0.15) is 0 Å². The van der Waals surface area contributed by atoms with Crippen molar-refractivity contribution in [2.75, 3.05) is 6.61 Å². The first-order valence-electron chi connectivity index (χ1n) is 14.1. The summed E-state index contributed by atoms with van der Waals surface area (Å²) in [6.45, 7) is 11.6. The van der Waals surface area contributed by atoms with E-state index in [1.807, 2.05) is 0 Å². The molecular formula is C29H44O5. The highest BCUT2D eigenvalue weighted by atomic mass is 16.7. The molecule has 6 rings (SSSR count). The van der Waals surface area contributed by atoms with Gasteiger partial charge in [0.2, 0.25) is 0 Å². The maximum absolute atomic E-state index is 14.1. The fourth-order valence-electron chi connectivity index (χ4n) is 10.3. The minimum atomic E-state index is -0.467. The maximum atomic E-state index is 14.1. The molecule has 34 heavy (non-hydrogen) atoms. The van der Waals surface area contributed by atoms with Crippen LogP contribution in [0.25, 0.3) is 0 Å². The summed E-state index contributed by atoms with van der Waals surface area (Å²) in [6, 6.07) is 0. The second kappa shape index (κ2) is 7.78. The summed E-state index contributed by atoms with van der Waals surface area (Å²) in [7, 11) is 0. The van der Waals surface area contributed by atoms with E-state index in [0.29, 0.717) is 35.4 Å². The van der Waals surface area contributed by atoms with Gasteiger partial charge in [0.1, 0.15) is 11.9 Å². The smallest absolute Gasteiger partial charge is 0.302 e. The van der Waals surface area contributed by atoms with Crippen molar-refractivity contribution in [3.8, 4) is 0 Å². The Labute approximate surface area is 205 Å². The van der Waals surface area contributed by atoms with Gasteiger partial charge in [0.25, 0.3) is 0 Å². The SMILES string of the molecule is CC(=O)OC1CC[C@]2(C)C3CC(=O)[C@@]4(C)C(CC5OC6(CC[C@@H](C)CO6)[C@@H](C)C54)C3CC[C@H]2C1. The van der Waals surface area contributed by atoms with Crippen molar-refractivity contribution in [2.24, 2.45) is 52.3 Å². The number of hydrogen-bond donors (Lipinski definition) is 0. The Morgan fingerprint density at radius 3 is 2.53 bits per heavy atom. The van der Waals surface area contributed by atoms with Crippen molar-refractivity contribution in [2.45, 2.75) is 110 Å². The number of hydrogen-bond acceptors (Lipinski definition) is 5. The number of carbonyl (C=O) groups excluding carboxylic acids is 2. The summed E-state index contributed by atoms with van der Waals surface area (Å²) >= 11 is 0. The number of carbonyl (C=O) groups is 2. The molecule has 0 radical (unpaired) electrons. The molecule has 12 atom stereocenters. The van der Waals surface area contributed by atoms with Gasteiger partial charge in [-0.25, -0.2) is 0 Å². The van der Waals surface area contributed by atoms with Crippen LogP contribution in [-0.2, 0) is 23.8 Å². The molecule has 0 amide bonds. The van der Waals surface area contributed by atoms with Gasteiger partial charge in [-0.3, -0.25) is 9.59 Å². The van der Waals surface area contributed by atoms with Crippen molar-refractivity contribution in [3.05, 3.63) is 0 Å². The second-order valence-electron chi connectivity index (χ2n) is 13.5. The van der Waals surface area contributed by atoms with Crippen LogP contribution in [0.5, 0.6) is 0 Å². The standard InChI is InChI=1S/C29H44O5/c1-16-8-11-29(32-15-16)17(2)26-24(34-29)13-23-21-7-6-19-12-20(33-18(3)30)9-10-27(19,4)22(21)14-25(31)28(23,26)5/h16-17,19-24,26H,6-15H2,1-5H3/t16-,17+,19+,20?,21?,22?,23?,24?,26?,27+,28-,29?/m1/s1. The molecular weight excluding hydrogens is 428 g/mol. The molecule has 5 nitrogen and oxygen atoms in total. The van der Waals surface area contributed by atoms with Crippen molar-refractivity contribution < 1.29 is 23.8 Å². The van der Waals surface area contributed by atoms with Gasteiger partial charge in [-0.05, 0) is 80.0 Å². The molecule has 5 heteroatoms. The summed E-state index contributed by atoms with van der Waals surface area (Å²) in [5.74, 6) is 3.07. The molecule has 4 saturated carbocycles. The highest BCUT2D eigenvalue weighted by molar-refractivity contribution is 5.87. The number of rotatable bonds is 1. The zero-order valence-electron chi connectivity index (χ0n) is 21.8. The lowest BCUT2D eigenvalue weighted by Crippen LogP contribution is -2.58. The highest BCUT2D eigenvalue weighted by Gasteiger charge is 2.71. The van der Waals surface area contributed by atoms with Gasteiger partial charge in [-0.1, -0.05) is 27.7 Å². The zero-order chi connectivity index (χ0) is 24.0. The molecule has 6 aliphatic rings. The molecule has 0 aromatic rings. The minimum Gasteiger partial charge on any atom is -0.463 e. The van der Waals surface area contributed by atoms with E-state index in [2.05, 4.69) is 27.7 Å². The average Bonchev–Trinajstić information content (AvgIpc) is 3.23. The Hall–Kier alpha value is -0.940. The predicted octanol–water partition coefficient (Wildman–Crippen LogP) is 5.54. The summed E-state index contributed by atoms with van der Waals surface area (Å²) in [5.41, 5.74) is -0.0934. The monoisotopic (exact) mass is 472 g/mol. The Bertz CT molecular complexity index is 861. The molecule has 2 heterocycles. The lowest BCUT2D eigenvalue weighted by molar-refractivity contribution is -0.272. The van der Waals surface area contributed by atoms with Crippen LogP contribution in [0.1, 0.15) is 92.4 Å². The Balaban J connectivity index is 1.25. The third kappa shape index (κ3) is 3.11. The average molecular weight is 473 g/mol. The van der Waals surface area contributed by atoms with Gasteiger partial charge in [-0.15, -0.1) is 0 Å². The van der Waals surface area contributed by atoms with Gasteiger partial charge < -0.3 is 14.2 Å². The third-order valence-corrected chi connectivity index (χ3v) is 12.1. The van der Waals surface area contributed by atoms with Gasteiger partial charge in [0.05, 0.1) is 12.7 Å². The molecule has 2 saturated heterocycles. The fraction of sp³-hybridized carbons (Fsp3) is 0.931. The van der Waals surface area contributed by atoms with Crippen molar-refractivity contribution in [1.29, 1.82) is 0 Å². The first kappa shape index (κ1) is 23.5. The van der Waals surface area contributed by atoms with Gasteiger partial charge >= 0.3 is 5.97 Å². The van der Waals surface area contributed by atoms with Crippen LogP contribution >= 0.6 is 0 Å². The predicted molar refractivity (Wildman–Crippen MR) is 128 cm³/mol. The maximum Gasteiger partial charge on any atom is 0.302 e. The molecule has 0 aromatic carbocycles. The fourth-order valence-corrected chi connectivity index (χ4v) is 10.3. The Morgan fingerprint density at radius 2 is 1.82 bits per heavy atom. The lowest BCUT2D eigenvalue weighted by Gasteiger charge is -2.60. The van der Waals surface area contributed by atoms with E-state index >= 15 is 0 Å². The van der Waals surface area contributed by atoms with E-state index in [4.69, 9.17) is 14.2 Å². The van der Waals surface area contributed by atoms with Crippen LogP contribution in [-0.4, -0.2) is 36.4 Å². The summed E-state index contributed by atoms with van der Waals surface area (Å²) < 4.78 is 18.8. The van der Waals surface area contributed by atoms with Crippen LogP contribution in [0.15, 0.2) is 0 Å². The molecule has 0 N–H and O–H groups in total. The molecule has 0 aromatic heterocycles. The number of Topliss-reactive ketones (excluding diaryl/α,β-unsaturated/α-hetero) is 1. The van der Waals surface area contributed by atoms with E-state index in [0.717, 1.165) is 51.6 Å². The number of ketones is 1. The number of fused-ring (bicyclic) bond motifs is 7. The van der Waals surface area contributed by atoms with Crippen molar-refractivity contribution in [1.82, 2.24) is 0 Å². The molecule has 0 bridgehead atoms. The van der Waals surface area contributed by atoms with Crippen LogP contribution in [0.4, 0.5) is 0 Å². The van der Waals surface area contributed by atoms with E-state index in [9.17, 15) is 9.59 Å². The normalized spacial score (nSPS) is 56.4. The summed E-state index contributed by atoms with van der Waals surface area (Å²) in [5, 5.41) is 0. The topological polar surface area (TPSA) is 61.8 Å². The molecule has 7 unspecified atom stereocenters. The second-order valence-corrected chi connectivity index (χ2v) is 13.5. The van der Waals surface area contributed by atoms with E-state index in [-0.39, 0.29) is 40.8 Å². The van der Waals surface area contributed by atoms with Gasteiger partial charge in [0.15, 0.2) is 5.79 Å². The minimum absolute atomic E-state index is 0.0613. The summed E-state index contributed by atoms with van der Waals surface area (Å²) in [6.07, 6.45) is 9.47. The van der Waals surface area contributed by atoms with Crippen molar-refractivity contribution in [3.63, 3.8) is 0 Å². The van der Waals surface area contributed by atoms with E-state index < -0.39 is 5.79 Å². The lowest BCUT2D eigenvalue weighted by atomic mass is 9.44. The molecule has 190 valence electrons. The zero-order valence-corrected chi connectivity index (χ0v) is 21.8. The first-order valence-corrected chi connectivity index (χ1v) is 14.1.